The van der Waals surface area contributed by atoms with Gasteiger partial charge in [0.15, 0.2) is 0 Å². The summed E-state index contributed by atoms with van der Waals surface area (Å²) in [5.74, 6) is 0.215. The van der Waals surface area contributed by atoms with Gasteiger partial charge in [-0.3, -0.25) is 0 Å². The van der Waals surface area contributed by atoms with E-state index in [2.05, 4.69) is 0 Å². The predicted octanol–water partition coefficient (Wildman–Crippen LogP) is 2.80. The van der Waals surface area contributed by atoms with Gasteiger partial charge in [0.1, 0.15) is 9.23 Å². The lowest BCUT2D eigenvalue weighted by Crippen LogP contribution is -2.41. The highest BCUT2D eigenvalue weighted by atomic mass is 35.5. The molecular formula is C11H16Cl2N2O2S2. The van der Waals surface area contributed by atoms with Gasteiger partial charge in [0.25, 0.3) is 0 Å². The Kier molecular flexibility index (Phi) is 4.80. The maximum Gasteiger partial charge on any atom is 0.245 e. The average molecular weight is 343 g/mol. The van der Waals surface area contributed by atoms with Crippen molar-refractivity contribution in [2.45, 2.75) is 30.2 Å². The molecule has 0 radical (unpaired) electrons. The van der Waals surface area contributed by atoms with Crippen LogP contribution in [0.1, 0.15) is 19.3 Å². The molecule has 0 amide bonds. The van der Waals surface area contributed by atoms with Gasteiger partial charge in [-0.05, 0) is 31.4 Å². The molecule has 2 N–H and O–H groups in total. The Bertz CT molecular complexity index is 559. The Hall–Kier alpha value is 0.150. The SMILES string of the molecule is CN(C1CCCC1CN)S(=O)(=O)c1cc(Cl)sc1Cl. The second-order valence-corrected chi connectivity index (χ2v) is 8.96. The molecule has 2 unspecified atom stereocenters. The summed E-state index contributed by atoms with van der Waals surface area (Å²) >= 11 is 12.8. The molecule has 4 nitrogen and oxygen atoms in total. The number of sulfonamides is 1. The van der Waals surface area contributed by atoms with Crippen LogP contribution in [-0.2, 0) is 10.0 Å². The minimum absolute atomic E-state index is 0.0512. The summed E-state index contributed by atoms with van der Waals surface area (Å²) in [6, 6.07) is 1.36. The fourth-order valence-electron chi connectivity index (χ4n) is 2.61. The third kappa shape index (κ3) is 2.94. The Morgan fingerprint density at radius 1 is 1.47 bits per heavy atom. The standard InChI is InChI=1S/C11H16Cl2N2O2S2/c1-15(8-4-2-3-7(8)6-14)19(16,17)9-5-10(12)18-11(9)13/h5,7-8H,2-4,6,14H2,1H3. The second-order valence-electron chi connectivity index (χ2n) is 4.70. The van der Waals surface area contributed by atoms with Gasteiger partial charge in [0.2, 0.25) is 10.0 Å². The second kappa shape index (κ2) is 5.87. The van der Waals surface area contributed by atoms with Crippen LogP contribution in [0.5, 0.6) is 0 Å². The number of nitrogens with two attached hydrogens (primary N) is 1. The smallest absolute Gasteiger partial charge is 0.245 e. The van der Waals surface area contributed by atoms with Crippen LogP contribution < -0.4 is 5.73 Å². The van der Waals surface area contributed by atoms with Crippen LogP contribution in [0.2, 0.25) is 8.67 Å². The summed E-state index contributed by atoms with van der Waals surface area (Å²) in [4.78, 5) is 0.0920. The molecule has 1 aliphatic rings. The van der Waals surface area contributed by atoms with Gasteiger partial charge in [0.05, 0.1) is 4.34 Å². The van der Waals surface area contributed by atoms with E-state index in [-0.39, 0.29) is 21.2 Å². The van der Waals surface area contributed by atoms with Crippen molar-refractivity contribution in [3.05, 3.63) is 14.7 Å². The van der Waals surface area contributed by atoms with E-state index < -0.39 is 10.0 Å². The minimum atomic E-state index is -3.60. The van der Waals surface area contributed by atoms with Crippen molar-refractivity contribution >= 4 is 44.6 Å². The molecule has 2 atom stereocenters. The van der Waals surface area contributed by atoms with Crippen LogP contribution in [0.15, 0.2) is 11.0 Å². The molecule has 1 aromatic rings. The first-order chi connectivity index (χ1) is 8.87. The first kappa shape index (κ1) is 15.5. The van der Waals surface area contributed by atoms with Crippen LogP contribution in [0.25, 0.3) is 0 Å². The van der Waals surface area contributed by atoms with Crippen LogP contribution >= 0.6 is 34.5 Å². The Morgan fingerprint density at radius 2 is 2.16 bits per heavy atom. The zero-order valence-corrected chi connectivity index (χ0v) is 13.6. The highest BCUT2D eigenvalue weighted by Gasteiger charge is 2.37. The van der Waals surface area contributed by atoms with E-state index in [0.29, 0.717) is 10.9 Å². The van der Waals surface area contributed by atoms with Gasteiger partial charge in [-0.25, -0.2) is 8.42 Å². The van der Waals surface area contributed by atoms with Crippen molar-refractivity contribution in [3.8, 4) is 0 Å². The third-order valence-corrected chi connectivity index (χ3v) is 7.31. The van der Waals surface area contributed by atoms with Crippen molar-refractivity contribution in [1.82, 2.24) is 4.31 Å². The quantitative estimate of drug-likeness (QED) is 0.914. The third-order valence-electron chi connectivity index (χ3n) is 3.67. The normalized spacial score (nSPS) is 24.3. The number of nitrogens with zero attached hydrogens (tertiary/aromatic N) is 1. The van der Waals surface area contributed by atoms with E-state index in [1.54, 1.807) is 7.05 Å². The maximum atomic E-state index is 12.6. The molecule has 108 valence electrons. The Balaban J connectivity index is 2.31. The van der Waals surface area contributed by atoms with Gasteiger partial charge >= 0.3 is 0 Å². The van der Waals surface area contributed by atoms with Gasteiger partial charge in [0, 0.05) is 13.1 Å². The Morgan fingerprint density at radius 3 is 2.68 bits per heavy atom. The van der Waals surface area contributed by atoms with E-state index in [4.69, 9.17) is 28.9 Å². The monoisotopic (exact) mass is 342 g/mol. The lowest BCUT2D eigenvalue weighted by Gasteiger charge is -2.28. The zero-order valence-electron chi connectivity index (χ0n) is 10.5. The van der Waals surface area contributed by atoms with Crippen LogP contribution in [-0.4, -0.2) is 32.4 Å². The molecule has 1 aromatic heterocycles. The van der Waals surface area contributed by atoms with E-state index in [1.807, 2.05) is 0 Å². The number of halogens is 2. The number of hydrogen-bond acceptors (Lipinski definition) is 4. The number of rotatable bonds is 4. The summed E-state index contributed by atoms with van der Waals surface area (Å²) in [6.07, 6.45) is 2.82. The van der Waals surface area contributed by atoms with Crippen molar-refractivity contribution in [2.24, 2.45) is 11.7 Å². The summed E-state index contributed by atoms with van der Waals surface area (Å²) in [6.45, 7) is 0.503. The van der Waals surface area contributed by atoms with Crippen molar-refractivity contribution in [3.63, 3.8) is 0 Å². The summed E-state index contributed by atoms with van der Waals surface area (Å²) in [5.41, 5.74) is 5.71. The molecule has 1 fully saturated rings. The van der Waals surface area contributed by atoms with Crippen molar-refractivity contribution in [1.29, 1.82) is 0 Å². The lowest BCUT2D eigenvalue weighted by atomic mass is 10.0. The molecule has 0 aromatic carbocycles. The van der Waals surface area contributed by atoms with Crippen LogP contribution in [0.4, 0.5) is 0 Å². The molecule has 8 heteroatoms. The fraction of sp³-hybridized carbons (Fsp3) is 0.636. The van der Waals surface area contributed by atoms with Crippen molar-refractivity contribution in [2.75, 3.05) is 13.6 Å². The molecule has 1 aliphatic carbocycles. The molecule has 1 heterocycles. The number of hydrogen-bond donors (Lipinski definition) is 1. The lowest BCUT2D eigenvalue weighted by molar-refractivity contribution is 0.304. The topological polar surface area (TPSA) is 63.4 Å². The van der Waals surface area contributed by atoms with Gasteiger partial charge in [-0.1, -0.05) is 29.6 Å². The summed E-state index contributed by atoms with van der Waals surface area (Å²) in [7, 11) is -2.01. The van der Waals surface area contributed by atoms with Gasteiger partial charge in [-0.15, -0.1) is 11.3 Å². The van der Waals surface area contributed by atoms with Gasteiger partial charge < -0.3 is 5.73 Å². The molecule has 0 saturated heterocycles. The molecule has 19 heavy (non-hydrogen) atoms. The molecule has 1 saturated carbocycles. The van der Waals surface area contributed by atoms with E-state index in [1.165, 1.54) is 10.4 Å². The van der Waals surface area contributed by atoms with E-state index in [9.17, 15) is 8.42 Å². The van der Waals surface area contributed by atoms with E-state index >= 15 is 0 Å². The largest absolute Gasteiger partial charge is 0.330 e. The maximum absolute atomic E-state index is 12.6. The fourth-order valence-corrected chi connectivity index (χ4v) is 6.16. The van der Waals surface area contributed by atoms with Gasteiger partial charge in [-0.2, -0.15) is 4.31 Å². The van der Waals surface area contributed by atoms with Crippen LogP contribution in [0.3, 0.4) is 0 Å². The molecule has 0 bridgehead atoms. The van der Waals surface area contributed by atoms with Crippen molar-refractivity contribution < 1.29 is 8.42 Å². The first-order valence-corrected chi connectivity index (χ1v) is 9.02. The summed E-state index contributed by atoms with van der Waals surface area (Å²) < 4.78 is 27.1. The molecule has 0 spiro atoms. The first-order valence-electron chi connectivity index (χ1n) is 6.01. The Labute approximate surface area is 127 Å². The molecule has 2 rings (SSSR count). The molecular weight excluding hydrogens is 327 g/mol. The minimum Gasteiger partial charge on any atom is -0.330 e. The number of thiophene rings is 1. The molecule has 0 aliphatic heterocycles. The average Bonchev–Trinajstić information content (AvgIpc) is 2.94. The predicted molar refractivity (Wildman–Crippen MR) is 79.5 cm³/mol. The van der Waals surface area contributed by atoms with Crippen LogP contribution in [0, 0.1) is 5.92 Å². The zero-order chi connectivity index (χ0) is 14.2. The summed E-state index contributed by atoms with van der Waals surface area (Å²) in [5, 5.41) is 0. The highest BCUT2D eigenvalue weighted by molar-refractivity contribution is 7.89. The van der Waals surface area contributed by atoms with E-state index in [0.717, 1.165) is 30.6 Å². The highest BCUT2D eigenvalue weighted by Crippen LogP contribution is 2.38.